The van der Waals surface area contributed by atoms with Crippen molar-refractivity contribution in [3.63, 3.8) is 0 Å². The van der Waals surface area contributed by atoms with Crippen LogP contribution >= 0.6 is 0 Å². The molecule has 3 rings (SSSR count). The van der Waals surface area contributed by atoms with E-state index in [1.807, 2.05) is 42.5 Å². The average Bonchev–Trinajstić information content (AvgIpc) is 2.74. The normalized spacial score (nSPS) is 11.3. The molecule has 2 amide bonds. The van der Waals surface area contributed by atoms with Crippen molar-refractivity contribution in [2.24, 2.45) is 0 Å². The SMILES string of the molecule is CN(CC(=O)Nc1ccccc1-c1ccccc1)CC(=O)Nc1ccccc1C(F)(F)F. The fourth-order valence-electron chi connectivity index (χ4n) is 3.23. The fourth-order valence-corrected chi connectivity index (χ4v) is 3.23. The molecule has 0 aliphatic heterocycles. The van der Waals surface area contributed by atoms with Crippen molar-refractivity contribution in [2.75, 3.05) is 30.8 Å². The quantitative estimate of drug-likeness (QED) is 0.549. The number of hydrogen-bond acceptors (Lipinski definition) is 3. The second kappa shape index (κ2) is 10.1. The van der Waals surface area contributed by atoms with Gasteiger partial charge in [-0.15, -0.1) is 0 Å². The average molecular weight is 441 g/mol. The molecule has 8 heteroatoms. The Morgan fingerprint density at radius 3 is 1.88 bits per heavy atom. The van der Waals surface area contributed by atoms with E-state index in [2.05, 4.69) is 10.6 Å². The van der Waals surface area contributed by atoms with Crippen LogP contribution in [0.1, 0.15) is 5.56 Å². The van der Waals surface area contributed by atoms with E-state index in [0.29, 0.717) is 5.69 Å². The van der Waals surface area contributed by atoms with E-state index >= 15 is 0 Å². The number of rotatable bonds is 7. The molecule has 0 aromatic heterocycles. The summed E-state index contributed by atoms with van der Waals surface area (Å²) in [5, 5.41) is 5.10. The Morgan fingerprint density at radius 1 is 0.750 bits per heavy atom. The molecule has 166 valence electrons. The van der Waals surface area contributed by atoms with Crippen LogP contribution in [0.15, 0.2) is 78.9 Å². The van der Waals surface area contributed by atoms with Gasteiger partial charge in [-0.2, -0.15) is 13.2 Å². The highest BCUT2D eigenvalue weighted by atomic mass is 19.4. The van der Waals surface area contributed by atoms with Gasteiger partial charge in [0.05, 0.1) is 24.3 Å². The highest BCUT2D eigenvalue weighted by Gasteiger charge is 2.33. The predicted molar refractivity (Wildman–Crippen MR) is 118 cm³/mol. The number of benzene rings is 3. The smallest absolute Gasteiger partial charge is 0.324 e. The van der Waals surface area contributed by atoms with Crippen molar-refractivity contribution in [1.29, 1.82) is 0 Å². The maximum atomic E-state index is 13.1. The predicted octanol–water partition coefficient (Wildman–Crippen LogP) is 4.88. The highest BCUT2D eigenvalue weighted by molar-refractivity contribution is 5.97. The van der Waals surface area contributed by atoms with Gasteiger partial charge in [-0.3, -0.25) is 14.5 Å². The topological polar surface area (TPSA) is 61.4 Å². The van der Waals surface area contributed by atoms with Crippen LogP contribution in [0.3, 0.4) is 0 Å². The number of carbonyl (C=O) groups is 2. The maximum absolute atomic E-state index is 13.1. The third-order valence-corrected chi connectivity index (χ3v) is 4.62. The first-order chi connectivity index (χ1) is 15.2. The Hall–Kier alpha value is -3.65. The maximum Gasteiger partial charge on any atom is 0.418 e. The molecule has 32 heavy (non-hydrogen) atoms. The molecule has 0 bridgehead atoms. The zero-order valence-corrected chi connectivity index (χ0v) is 17.3. The molecule has 0 aliphatic carbocycles. The number of nitrogens with zero attached hydrogens (tertiary/aromatic N) is 1. The molecule has 3 aromatic rings. The van der Waals surface area contributed by atoms with Crippen molar-refractivity contribution in [1.82, 2.24) is 4.90 Å². The summed E-state index contributed by atoms with van der Waals surface area (Å²) >= 11 is 0. The van der Waals surface area contributed by atoms with Crippen molar-refractivity contribution in [3.8, 4) is 11.1 Å². The van der Waals surface area contributed by atoms with E-state index in [9.17, 15) is 22.8 Å². The van der Waals surface area contributed by atoms with E-state index in [1.54, 1.807) is 12.1 Å². The number of amides is 2. The molecule has 0 saturated carbocycles. The fraction of sp³-hybridized carbons (Fsp3) is 0.167. The number of halogens is 3. The Kier molecular flexibility index (Phi) is 7.27. The van der Waals surface area contributed by atoms with Crippen LogP contribution in [0.2, 0.25) is 0 Å². The van der Waals surface area contributed by atoms with Crippen LogP contribution < -0.4 is 10.6 Å². The second-order valence-electron chi connectivity index (χ2n) is 7.22. The van der Waals surface area contributed by atoms with Crippen LogP contribution in [-0.4, -0.2) is 36.9 Å². The minimum Gasteiger partial charge on any atom is -0.324 e. The van der Waals surface area contributed by atoms with E-state index < -0.39 is 17.6 Å². The van der Waals surface area contributed by atoms with Gasteiger partial charge in [0.25, 0.3) is 0 Å². The molecule has 0 saturated heterocycles. The Labute approximate surface area is 183 Å². The number of anilines is 2. The molecular weight excluding hydrogens is 419 g/mol. The van der Waals surface area contributed by atoms with Gasteiger partial charge in [0.15, 0.2) is 0 Å². The van der Waals surface area contributed by atoms with Crippen LogP contribution in [0, 0.1) is 0 Å². The van der Waals surface area contributed by atoms with Crippen molar-refractivity contribution in [2.45, 2.75) is 6.18 Å². The van der Waals surface area contributed by atoms with Crippen LogP contribution in [0.5, 0.6) is 0 Å². The molecule has 0 atom stereocenters. The van der Waals surface area contributed by atoms with Crippen LogP contribution in [0.4, 0.5) is 24.5 Å². The van der Waals surface area contributed by atoms with Gasteiger partial charge < -0.3 is 10.6 Å². The molecule has 0 aliphatic rings. The lowest BCUT2D eigenvalue weighted by Gasteiger charge is -2.18. The summed E-state index contributed by atoms with van der Waals surface area (Å²) in [6.45, 7) is -0.364. The van der Waals surface area contributed by atoms with E-state index in [0.717, 1.165) is 17.2 Å². The van der Waals surface area contributed by atoms with Crippen molar-refractivity contribution >= 4 is 23.2 Å². The van der Waals surface area contributed by atoms with Gasteiger partial charge >= 0.3 is 6.18 Å². The summed E-state index contributed by atoms with van der Waals surface area (Å²) in [5.74, 6) is -0.999. The van der Waals surface area contributed by atoms with Gasteiger partial charge in [-0.1, -0.05) is 60.7 Å². The molecule has 0 radical (unpaired) electrons. The number of hydrogen-bond donors (Lipinski definition) is 2. The first-order valence-corrected chi connectivity index (χ1v) is 9.83. The van der Waals surface area contributed by atoms with Crippen LogP contribution in [-0.2, 0) is 15.8 Å². The number of likely N-dealkylation sites (N-methyl/N-ethyl adjacent to an activating group) is 1. The summed E-state index contributed by atoms with van der Waals surface area (Å²) in [6.07, 6.45) is -4.58. The molecular formula is C24H22F3N3O2. The highest BCUT2D eigenvalue weighted by Crippen LogP contribution is 2.34. The standard InChI is InChI=1S/C24H22F3N3O2/c1-30(16-23(32)29-21-14-8-6-12-19(21)24(25,26)27)15-22(31)28-20-13-7-5-11-18(20)17-9-3-2-4-10-17/h2-14H,15-16H2,1H3,(H,28,31)(H,29,32). The van der Waals surface area contributed by atoms with Gasteiger partial charge in [0, 0.05) is 11.3 Å². The van der Waals surface area contributed by atoms with Gasteiger partial charge in [-0.25, -0.2) is 0 Å². The largest absolute Gasteiger partial charge is 0.418 e. The minimum atomic E-state index is -4.58. The van der Waals surface area contributed by atoms with Gasteiger partial charge in [0.1, 0.15) is 0 Å². The minimum absolute atomic E-state index is 0.114. The third-order valence-electron chi connectivity index (χ3n) is 4.62. The van der Waals surface area contributed by atoms with E-state index in [-0.39, 0.29) is 24.7 Å². The zero-order chi connectivity index (χ0) is 23.1. The lowest BCUT2D eigenvalue weighted by atomic mass is 10.0. The Balaban J connectivity index is 1.59. The van der Waals surface area contributed by atoms with Crippen LogP contribution in [0.25, 0.3) is 11.1 Å². The monoisotopic (exact) mass is 441 g/mol. The molecule has 5 nitrogen and oxygen atoms in total. The van der Waals surface area contributed by atoms with E-state index in [1.165, 1.54) is 30.1 Å². The van der Waals surface area contributed by atoms with Gasteiger partial charge in [-0.05, 0) is 30.8 Å². The number of nitrogens with one attached hydrogen (secondary N) is 2. The lowest BCUT2D eigenvalue weighted by Crippen LogP contribution is -2.36. The molecule has 0 spiro atoms. The Bertz CT molecular complexity index is 1090. The summed E-state index contributed by atoms with van der Waals surface area (Å²) in [5.41, 5.74) is 1.18. The number of carbonyl (C=O) groups excluding carboxylic acids is 2. The first-order valence-electron chi connectivity index (χ1n) is 9.83. The Morgan fingerprint density at radius 2 is 1.25 bits per heavy atom. The lowest BCUT2D eigenvalue weighted by molar-refractivity contribution is -0.137. The molecule has 3 aromatic carbocycles. The summed E-state index contributed by atoms with van der Waals surface area (Å²) < 4.78 is 39.2. The number of alkyl halides is 3. The zero-order valence-electron chi connectivity index (χ0n) is 17.3. The molecule has 2 N–H and O–H groups in total. The second-order valence-corrected chi connectivity index (χ2v) is 7.22. The van der Waals surface area contributed by atoms with Gasteiger partial charge in [0.2, 0.25) is 11.8 Å². The summed E-state index contributed by atoms with van der Waals surface area (Å²) in [4.78, 5) is 26.2. The molecule has 0 fully saturated rings. The molecule has 0 unspecified atom stereocenters. The number of para-hydroxylation sites is 2. The summed E-state index contributed by atoms with van der Waals surface area (Å²) in [7, 11) is 1.54. The van der Waals surface area contributed by atoms with Crippen molar-refractivity contribution < 1.29 is 22.8 Å². The molecule has 0 heterocycles. The van der Waals surface area contributed by atoms with Crippen molar-refractivity contribution in [3.05, 3.63) is 84.4 Å². The first kappa shape index (κ1) is 23.0. The summed E-state index contributed by atoms with van der Waals surface area (Å²) in [6, 6.07) is 21.7. The third kappa shape index (κ3) is 6.18. The van der Waals surface area contributed by atoms with E-state index in [4.69, 9.17) is 0 Å².